The monoisotopic (exact) mass is 315 g/mol. The van der Waals surface area contributed by atoms with Crippen LogP contribution < -0.4 is 16.4 Å². The van der Waals surface area contributed by atoms with Crippen LogP contribution in [0.3, 0.4) is 0 Å². The van der Waals surface area contributed by atoms with Gasteiger partial charge in [0, 0.05) is 16.5 Å². The lowest BCUT2D eigenvalue weighted by atomic mass is 9.90. The predicted octanol–water partition coefficient (Wildman–Crippen LogP) is 2.19. The fourth-order valence-corrected chi connectivity index (χ4v) is 3.63. The number of aromatic nitrogens is 1. The number of carbonyl (C=O) groups excluding carboxylic acids is 1. The van der Waals surface area contributed by atoms with Crippen molar-refractivity contribution in [2.24, 2.45) is 11.7 Å². The Morgan fingerprint density at radius 2 is 2.09 bits per heavy atom. The van der Waals surface area contributed by atoms with Crippen molar-refractivity contribution in [1.29, 1.82) is 5.41 Å². The first-order valence-corrected chi connectivity index (χ1v) is 7.89. The van der Waals surface area contributed by atoms with Gasteiger partial charge in [0.2, 0.25) is 5.91 Å². The molecule has 2 aromatic rings. The van der Waals surface area contributed by atoms with Gasteiger partial charge in [-0.2, -0.15) is 0 Å². The van der Waals surface area contributed by atoms with Crippen LogP contribution in [-0.2, 0) is 17.6 Å². The molecule has 1 unspecified atom stereocenters. The normalized spacial score (nSPS) is 16.6. The minimum absolute atomic E-state index is 0.0432. The summed E-state index contributed by atoms with van der Waals surface area (Å²) >= 11 is 1.47. The summed E-state index contributed by atoms with van der Waals surface area (Å²) in [5.74, 6) is -0.117. The van der Waals surface area contributed by atoms with Gasteiger partial charge in [-0.3, -0.25) is 10.2 Å². The van der Waals surface area contributed by atoms with E-state index in [4.69, 9.17) is 11.1 Å². The van der Waals surface area contributed by atoms with Crippen LogP contribution in [0.25, 0.3) is 0 Å². The van der Waals surface area contributed by atoms with Crippen molar-refractivity contribution in [3.8, 4) is 0 Å². The standard InChI is InChI=1S/C15H17N5OS/c16-14(17)20-15-19-11-7-6-9(8-12(11)22-15)13(21)18-10-4-2-1-3-5-10/h1-5,9H,6-8H2,(H,18,21)(H4,16,17,19,20). The Morgan fingerprint density at radius 1 is 1.32 bits per heavy atom. The summed E-state index contributed by atoms with van der Waals surface area (Å²) in [6, 6.07) is 9.49. The molecule has 0 radical (unpaired) electrons. The number of nitrogens with two attached hydrogens (primary N) is 1. The molecule has 1 atom stereocenters. The third-order valence-electron chi connectivity index (χ3n) is 3.59. The number of fused-ring (bicyclic) bond motifs is 1. The van der Waals surface area contributed by atoms with Crippen molar-refractivity contribution >= 4 is 34.0 Å². The molecule has 1 aliphatic carbocycles. The van der Waals surface area contributed by atoms with Crippen molar-refractivity contribution in [2.75, 3.05) is 10.6 Å². The molecular weight excluding hydrogens is 298 g/mol. The molecule has 0 aliphatic heterocycles. The smallest absolute Gasteiger partial charge is 0.227 e. The number of thiazole rings is 1. The van der Waals surface area contributed by atoms with Crippen LogP contribution in [0.4, 0.5) is 10.8 Å². The maximum Gasteiger partial charge on any atom is 0.227 e. The van der Waals surface area contributed by atoms with Crippen LogP contribution in [-0.4, -0.2) is 16.9 Å². The number of para-hydroxylation sites is 1. The summed E-state index contributed by atoms with van der Waals surface area (Å²) in [5, 5.41) is 13.5. The highest BCUT2D eigenvalue weighted by molar-refractivity contribution is 7.15. The molecule has 0 saturated heterocycles. The number of benzene rings is 1. The average Bonchev–Trinajstić information content (AvgIpc) is 2.88. The molecule has 1 aromatic heterocycles. The summed E-state index contributed by atoms with van der Waals surface area (Å²) in [6.45, 7) is 0. The zero-order valence-corrected chi connectivity index (χ0v) is 12.7. The van der Waals surface area contributed by atoms with Gasteiger partial charge < -0.3 is 16.4 Å². The van der Waals surface area contributed by atoms with E-state index < -0.39 is 0 Å². The summed E-state index contributed by atoms with van der Waals surface area (Å²) in [7, 11) is 0. The summed E-state index contributed by atoms with van der Waals surface area (Å²) in [4.78, 5) is 17.9. The van der Waals surface area contributed by atoms with Gasteiger partial charge in [0.1, 0.15) is 0 Å². The predicted molar refractivity (Wildman–Crippen MR) is 88.2 cm³/mol. The quantitative estimate of drug-likeness (QED) is 0.515. The summed E-state index contributed by atoms with van der Waals surface area (Å²) in [6.07, 6.45) is 2.25. The third-order valence-corrected chi connectivity index (χ3v) is 4.63. The van der Waals surface area contributed by atoms with E-state index in [9.17, 15) is 4.79 Å². The van der Waals surface area contributed by atoms with Gasteiger partial charge in [0.15, 0.2) is 11.1 Å². The molecule has 0 bridgehead atoms. The molecule has 0 fully saturated rings. The Balaban J connectivity index is 1.67. The maximum atomic E-state index is 12.4. The second kappa shape index (κ2) is 6.15. The van der Waals surface area contributed by atoms with Crippen LogP contribution in [0, 0.1) is 11.3 Å². The highest BCUT2D eigenvalue weighted by Gasteiger charge is 2.27. The number of rotatable bonds is 3. The Bertz CT molecular complexity index is 697. The SMILES string of the molecule is N=C(N)Nc1nc2c(s1)CC(C(=O)Nc1ccccc1)CC2. The zero-order valence-electron chi connectivity index (χ0n) is 11.9. The van der Waals surface area contributed by atoms with Crippen LogP contribution in [0.1, 0.15) is 17.0 Å². The third kappa shape index (κ3) is 3.25. The first-order chi connectivity index (χ1) is 10.6. The van der Waals surface area contributed by atoms with Crippen molar-refractivity contribution in [1.82, 2.24) is 4.98 Å². The maximum absolute atomic E-state index is 12.4. The van der Waals surface area contributed by atoms with Gasteiger partial charge in [0.25, 0.3) is 0 Å². The lowest BCUT2D eigenvalue weighted by molar-refractivity contribution is -0.120. The molecule has 1 aliphatic rings. The highest BCUT2D eigenvalue weighted by Crippen LogP contribution is 2.32. The van der Waals surface area contributed by atoms with E-state index in [0.717, 1.165) is 29.1 Å². The molecule has 7 heteroatoms. The number of amides is 1. The van der Waals surface area contributed by atoms with Crippen molar-refractivity contribution in [2.45, 2.75) is 19.3 Å². The van der Waals surface area contributed by atoms with Gasteiger partial charge in [0.05, 0.1) is 5.69 Å². The van der Waals surface area contributed by atoms with Crippen LogP contribution >= 0.6 is 11.3 Å². The number of aryl methyl sites for hydroxylation is 1. The van der Waals surface area contributed by atoms with E-state index in [1.807, 2.05) is 30.3 Å². The second-order valence-electron chi connectivity index (χ2n) is 5.22. The first-order valence-electron chi connectivity index (χ1n) is 7.07. The van der Waals surface area contributed by atoms with E-state index in [0.29, 0.717) is 11.6 Å². The number of hydrogen-bond acceptors (Lipinski definition) is 4. The Labute approximate surface area is 132 Å². The molecule has 0 spiro atoms. The molecule has 0 saturated carbocycles. The van der Waals surface area contributed by atoms with Crippen molar-refractivity contribution in [3.63, 3.8) is 0 Å². The number of hydrogen-bond donors (Lipinski definition) is 4. The van der Waals surface area contributed by atoms with Crippen LogP contribution in [0.5, 0.6) is 0 Å². The minimum Gasteiger partial charge on any atom is -0.370 e. The summed E-state index contributed by atoms with van der Waals surface area (Å²) < 4.78 is 0. The van der Waals surface area contributed by atoms with Crippen LogP contribution in [0.2, 0.25) is 0 Å². The number of nitrogens with zero attached hydrogens (tertiary/aromatic N) is 1. The topological polar surface area (TPSA) is 104 Å². The zero-order chi connectivity index (χ0) is 15.5. The molecule has 114 valence electrons. The number of carbonyl (C=O) groups is 1. The molecular formula is C15H17N5OS. The largest absolute Gasteiger partial charge is 0.370 e. The second-order valence-corrected chi connectivity index (χ2v) is 6.31. The van der Waals surface area contributed by atoms with E-state index in [2.05, 4.69) is 15.6 Å². The Kier molecular flexibility index (Phi) is 4.06. The molecule has 1 amide bonds. The van der Waals surface area contributed by atoms with Crippen molar-refractivity contribution < 1.29 is 4.79 Å². The Morgan fingerprint density at radius 3 is 2.82 bits per heavy atom. The fraction of sp³-hybridized carbons (Fsp3) is 0.267. The minimum atomic E-state index is -0.121. The number of guanidine groups is 1. The molecule has 5 N–H and O–H groups in total. The van der Waals surface area contributed by atoms with Gasteiger partial charge >= 0.3 is 0 Å². The van der Waals surface area contributed by atoms with E-state index in [1.165, 1.54) is 11.3 Å². The Hall–Kier alpha value is -2.41. The molecule has 1 heterocycles. The van der Waals surface area contributed by atoms with Crippen LogP contribution in [0.15, 0.2) is 30.3 Å². The molecule has 6 nitrogen and oxygen atoms in total. The number of nitrogens with one attached hydrogen (secondary N) is 3. The lowest BCUT2D eigenvalue weighted by Crippen LogP contribution is -2.27. The average molecular weight is 315 g/mol. The fourth-order valence-electron chi connectivity index (χ4n) is 2.53. The highest BCUT2D eigenvalue weighted by atomic mass is 32.1. The van der Waals surface area contributed by atoms with Gasteiger partial charge in [-0.25, -0.2) is 4.98 Å². The lowest BCUT2D eigenvalue weighted by Gasteiger charge is -2.20. The van der Waals surface area contributed by atoms with E-state index >= 15 is 0 Å². The number of anilines is 2. The van der Waals surface area contributed by atoms with Gasteiger partial charge in [-0.1, -0.05) is 18.2 Å². The van der Waals surface area contributed by atoms with Crippen molar-refractivity contribution in [3.05, 3.63) is 40.9 Å². The van der Waals surface area contributed by atoms with E-state index in [-0.39, 0.29) is 17.8 Å². The molecule has 22 heavy (non-hydrogen) atoms. The molecule has 3 rings (SSSR count). The molecule has 1 aromatic carbocycles. The van der Waals surface area contributed by atoms with E-state index in [1.54, 1.807) is 0 Å². The van der Waals surface area contributed by atoms with Gasteiger partial charge in [-0.05, 0) is 31.4 Å². The first kappa shape index (κ1) is 14.5. The summed E-state index contributed by atoms with van der Waals surface area (Å²) in [5.41, 5.74) is 7.15. The van der Waals surface area contributed by atoms with Gasteiger partial charge in [-0.15, -0.1) is 11.3 Å².